The Kier molecular flexibility index (Phi) is 6.08. The fourth-order valence-corrected chi connectivity index (χ4v) is 1.94. The Balaban J connectivity index is 0.000000218. The van der Waals surface area contributed by atoms with Crippen molar-refractivity contribution >= 4 is 58.0 Å². The first kappa shape index (κ1) is 16.3. The van der Waals surface area contributed by atoms with E-state index in [0.29, 0.717) is 0 Å². The van der Waals surface area contributed by atoms with Gasteiger partial charge in [-0.15, -0.1) is 0 Å². The summed E-state index contributed by atoms with van der Waals surface area (Å²) >= 11 is 21.5. The van der Waals surface area contributed by atoms with E-state index in [-0.39, 0.29) is 0 Å². The van der Waals surface area contributed by atoms with Gasteiger partial charge >= 0.3 is 0 Å². The Bertz CT molecular complexity index is 512. The van der Waals surface area contributed by atoms with Crippen LogP contribution in [0.2, 0.25) is 0 Å². The minimum Gasteiger partial charge on any atom is -0.286 e. The molecule has 0 spiro atoms. The topological polar surface area (TPSA) is 34.1 Å². The van der Waals surface area contributed by atoms with Crippen molar-refractivity contribution in [1.82, 2.24) is 0 Å². The first-order valence-corrected chi connectivity index (χ1v) is 6.59. The highest BCUT2D eigenvalue weighted by Gasteiger charge is 2.31. The molecule has 0 unspecified atom stereocenters. The predicted molar refractivity (Wildman–Crippen MR) is 78.7 cm³/mol. The van der Waals surface area contributed by atoms with Crippen molar-refractivity contribution in [2.45, 2.75) is 6.92 Å². The molecule has 0 saturated carbocycles. The van der Waals surface area contributed by atoms with Gasteiger partial charge in [-0.05, 0) is 6.92 Å². The Hall–Kier alpha value is -0.800. The van der Waals surface area contributed by atoms with Crippen molar-refractivity contribution in [1.29, 1.82) is 0 Å². The van der Waals surface area contributed by atoms with Crippen molar-refractivity contribution in [3.05, 3.63) is 56.0 Å². The molecule has 0 N–H and O–H groups in total. The summed E-state index contributed by atoms with van der Waals surface area (Å²) in [4.78, 5) is 22.0. The van der Waals surface area contributed by atoms with Crippen LogP contribution in [0.15, 0.2) is 50.5 Å². The lowest BCUT2D eigenvalue weighted by Crippen LogP contribution is -2.14. The number of carbonyl (C=O) groups is 2. The van der Waals surface area contributed by atoms with Crippen LogP contribution in [-0.2, 0) is 9.59 Å². The molecule has 0 aliphatic heterocycles. The van der Waals surface area contributed by atoms with Gasteiger partial charge in [-0.25, -0.2) is 0 Å². The Labute approximate surface area is 130 Å². The van der Waals surface area contributed by atoms with Crippen molar-refractivity contribution in [2.75, 3.05) is 0 Å². The maximum atomic E-state index is 11.0. The van der Waals surface area contributed by atoms with E-state index in [2.05, 4.69) is 19.1 Å². The van der Waals surface area contributed by atoms with E-state index in [9.17, 15) is 9.59 Å². The molecule has 0 heterocycles. The molecule has 100 valence electrons. The van der Waals surface area contributed by atoms with Crippen molar-refractivity contribution in [3.8, 4) is 0 Å². The van der Waals surface area contributed by atoms with E-state index < -0.39 is 31.7 Å². The second-order valence-corrected chi connectivity index (χ2v) is 5.08. The molecular weight excluding hydrogens is 330 g/mol. The minimum absolute atomic E-state index is 0.393. The number of aryl methyl sites for hydroxylation is 1. The SMILES string of the molecule is Cc1ccccc1.O=C1C(Cl)=C(Cl)C(=O)C(Cl)=C1Cl. The molecule has 0 fully saturated rings. The van der Waals surface area contributed by atoms with E-state index in [4.69, 9.17) is 46.4 Å². The molecule has 1 aromatic carbocycles. The van der Waals surface area contributed by atoms with Crippen LogP contribution in [0.4, 0.5) is 0 Å². The van der Waals surface area contributed by atoms with Gasteiger partial charge in [0.2, 0.25) is 11.6 Å². The Morgan fingerprint density at radius 3 is 1.21 bits per heavy atom. The highest BCUT2D eigenvalue weighted by atomic mass is 35.5. The first-order valence-electron chi connectivity index (χ1n) is 5.07. The van der Waals surface area contributed by atoms with Crippen molar-refractivity contribution < 1.29 is 9.59 Å². The third-order valence-corrected chi connectivity index (χ3v) is 3.76. The second kappa shape index (κ2) is 7.11. The molecule has 2 rings (SSSR count). The fourth-order valence-electron chi connectivity index (χ4n) is 1.13. The number of benzene rings is 1. The smallest absolute Gasteiger partial charge is 0.219 e. The number of halogens is 4. The lowest BCUT2D eigenvalue weighted by Gasteiger charge is -2.08. The van der Waals surface area contributed by atoms with E-state index in [1.807, 2.05) is 18.2 Å². The summed E-state index contributed by atoms with van der Waals surface area (Å²) in [6.07, 6.45) is 0. The molecule has 2 nitrogen and oxygen atoms in total. The van der Waals surface area contributed by atoms with Gasteiger partial charge in [0.15, 0.2) is 0 Å². The van der Waals surface area contributed by atoms with E-state index in [1.165, 1.54) is 5.56 Å². The van der Waals surface area contributed by atoms with Crippen LogP contribution in [0.25, 0.3) is 0 Å². The summed E-state index contributed by atoms with van der Waals surface area (Å²) in [6, 6.07) is 10.3. The molecule has 0 aromatic heterocycles. The van der Waals surface area contributed by atoms with Crippen LogP contribution in [-0.4, -0.2) is 11.6 Å². The lowest BCUT2D eigenvalue weighted by atomic mass is 10.1. The van der Waals surface area contributed by atoms with Crippen LogP contribution in [0.1, 0.15) is 5.56 Å². The zero-order valence-corrected chi connectivity index (χ0v) is 12.7. The van der Waals surface area contributed by atoms with Gasteiger partial charge in [-0.2, -0.15) is 0 Å². The monoisotopic (exact) mass is 336 g/mol. The van der Waals surface area contributed by atoms with Gasteiger partial charge < -0.3 is 0 Å². The average molecular weight is 338 g/mol. The van der Waals surface area contributed by atoms with Crippen LogP contribution in [0, 0.1) is 6.92 Å². The minimum atomic E-state index is -0.729. The number of hydrogen-bond acceptors (Lipinski definition) is 2. The molecule has 0 atom stereocenters. The summed E-state index contributed by atoms with van der Waals surface area (Å²) in [5, 5.41) is -1.57. The highest BCUT2D eigenvalue weighted by molar-refractivity contribution is 6.69. The molecule has 0 bridgehead atoms. The number of hydrogen-bond donors (Lipinski definition) is 0. The summed E-state index contributed by atoms with van der Waals surface area (Å²) in [7, 11) is 0. The van der Waals surface area contributed by atoms with Gasteiger partial charge in [-0.1, -0.05) is 82.3 Å². The molecule has 0 radical (unpaired) electrons. The number of Topliss-reactive ketones (excluding diaryl/α,β-unsaturated/α-hetero) is 2. The standard InChI is InChI=1S/C7H8.C6Cl4O2/c1-7-5-3-2-4-6-7;7-1-2(8)6(12)4(10)3(9)5(1)11/h2-6H,1H3;. The molecule has 0 saturated heterocycles. The average Bonchev–Trinajstić information content (AvgIpc) is 2.42. The number of allylic oxidation sites excluding steroid dienone is 4. The van der Waals surface area contributed by atoms with E-state index in [0.717, 1.165) is 0 Å². The van der Waals surface area contributed by atoms with Crippen molar-refractivity contribution in [2.24, 2.45) is 0 Å². The summed E-state index contributed by atoms with van der Waals surface area (Å²) in [5.74, 6) is -1.46. The highest BCUT2D eigenvalue weighted by Crippen LogP contribution is 2.32. The van der Waals surface area contributed by atoms with Crippen LogP contribution in [0.3, 0.4) is 0 Å². The van der Waals surface area contributed by atoms with Crippen LogP contribution >= 0.6 is 46.4 Å². The van der Waals surface area contributed by atoms with Gasteiger partial charge in [0, 0.05) is 0 Å². The maximum Gasteiger partial charge on any atom is 0.219 e. The van der Waals surface area contributed by atoms with Crippen molar-refractivity contribution in [3.63, 3.8) is 0 Å². The fraction of sp³-hybridized carbons (Fsp3) is 0.0769. The molecule has 1 aromatic rings. The third-order valence-electron chi connectivity index (χ3n) is 2.12. The molecule has 1 aliphatic rings. The van der Waals surface area contributed by atoms with Crippen LogP contribution < -0.4 is 0 Å². The van der Waals surface area contributed by atoms with Gasteiger partial charge in [0.05, 0.1) is 0 Å². The Morgan fingerprint density at radius 2 is 1.00 bits per heavy atom. The number of carbonyl (C=O) groups excluding carboxylic acids is 2. The van der Waals surface area contributed by atoms with E-state index in [1.54, 1.807) is 0 Å². The zero-order valence-electron chi connectivity index (χ0n) is 9.72. The third kappa shape index (κ3) is 4.08. The normalized spacial score (nSPS) is 15.4. The second-order valence-electron chi connectivity index (χ2n) is 3.57. The maximum absolute atomic E-state index is 11.0. The molecule has 1 aliphatic carbocycles. The summed E-state index contributed by atoms with van der Waals surface area (Å²) in [6.45, 7) is 2.08. The molecular formula is C13H8Cl4O2. The predicted octanol–water partition coefficient (Wildman–Crippen LogP) is 4.51. The lowest BCUT2D eigenvalue weighted by molar-refractivity contribution is -0.114. The van der Waals surface area contributed by atoms with Crippen LogP contribution in [0.5, 0.6) is 0 Å². The summed E-state index contributed by atoms with van der Waals surface area (Å²) < 4.78 is 0. The number of rotatable bonds is 0. The summed E-state index contributed by atoms with van der Waals surface area (Å²) in [5.41, 5.74) is 1.32. The molecule has 6 heteroatoms. The van der Waals surface area contributed by atoms with Gasteiger partial charge in [0.25, 0.3) is 0 Å². The molecule has 19 heavy (non-hydrogen) atoms. The van der Waals surface area contributed by atoms with Gasteiger partial charge in [0.1, 0.15) is 20.1 Å². The largest absolute Gasteiger partial charge is 0.286 e. The Morgan fingerprint density at radius 1 is 0.684 bits per heavy atom. The van der Waals surface area contributed by atoms with Gasteiger partial charge in [-0.3, -0.25) is 9.59 Å². The number of ketones is 2. The first-order chi connectivity index (χ1) is 8.86. The molecule has 0 amide bonds. The zero-order chi connectivity index (χ0) is 14.6. The van der Waals surface area contributed by atoms with E-state index >= 15 is 0 Å². The quantitative estimate of drug-likeness (QED) is 0.652.